The highest BCUT2D eigenvalue weighted by Crippen LogP contribution is 2.12. The van der Waals surface area contributed by atoms with Crippen molar-refractivity contribution >= 4 is 31.0 Å². The molecule has 0 amide bonds. The predicted molar refractivity (Wildman–Crippen MR) is 64.2 cm³/mol. The van der Waals surface area contributed by atoms with E-state index < -0.39 is 6.04 Å². The Morgan fingerprint density at radius 1 is 1.43 bits per heavy atom. The van der Waals surface area contributed by atoms with Gasteiger partial charge in [0.25, 0.3) is 0 Å². The van der Waals surface area contributed by atoms with Gasteiger partial charge >= 0.3 is 5.97 Å². The largest absolute Gasteiger partial charge is 0.468 e. The van der Waals surface area contributed by atoms with Crippen molar-refractivity contribution in [2.24, 2.45) is 5.73 Å². The molecular formula is C9H20ClNO2S. The number of carbonyl (C=O) groups excluding carboxylic acids is 1. The topological polar surface area (TPSA) is 52.3 Å². The molecule has 0 spiro atoms. The molecule has 14 heavy (non-hydrogen) atoms. The highest BCUT2D eigenvalue weighted by atomic mass is 35.5. The average Bonchev–Trinajstić information content (AvgIpc) is 2.13. The van der Waals surface area contributed by atoms with Gasteiger partial charge in [-0.05, 0) is 19.3 Å². The second-order valence-corrected chi connectivity index (χ2v) is 3.88. The number of hydrogen-bond acceptors (Lipinski definition) is 4. The molecule has 0 aliphatic rings. The van der Waals surface area contributed by atoms with Crippen LogP contribution in [0, 0.1) is 0 Å². The summed E-state index contributed by atoms with van der Waals surface area (Å²) in [6, 6.07) is -0.489. The van der Waals surface area contributed by atoms with Crippen LogP contribution in [0.4, 0.5) is 0 Å². The van der Waals surface area contributed by atoms with Crippen molar-refractivity contribution in [2.45, 2.75) is 43.9 Å². The summed E-state index contributed by atoms with van der Waals surface area (Å²) < 4.78 is 4.52. The summed E-state index contributed by atoms with van der Waals surface area (Å²) in [4.78, 5) is 10.9. The molecule has 2 N–H and O–H groups in total. The Bertz CT molecular complexity index is 158. The molecule has 0 radical (unpaired) electrons. The van der Waals surface area contributed by atoms with Crippen LogP contribution in [0.25, 0.3) is 0 Å². The van der Waals surface area contributed by atoms with E-state index in [0.717, 1.165) is 19.3 Å². The molecule has 0 rings (SSSR count). The molecule has 0 heterocycles. The van der Waals surface area contributed by atoms with Crippen LogP contribution in [0.2, 0.25) is 0 Å². The monoisotopic (exact) mass is 241 g/mol. The number of methoxy groups -OCH3 is 1. The quantitative estimate of drug-likeness (QED) is 0.551. The zero-order valence-electron chi connectivity index (χ0n) is 8.73. The van der Waals surface area contributed by atoms with Gasteiger partial charge in [-0.1, -0.05) is 13.3 Å². The molecule has 3 nitrogen and oxygen atoms in total. The van der Waals surface area contributed by atoms with Crippen molar-refractivity contribution in [1.82, 2.24) is 0 Å². The number of ether oxygens (including phenoxy) is 1. The van der Waals surface area contributed by atoms with Crippen molar-refractivity contribution in [1.29, 1.82) is 0 Å². The maximum atomic E-state index is 10.9. The molecule has 0 aromatic carbocycles. The second-order valence-electron chi connectivity index (χ2n) is 3.15. The first kappa shape index (κ1) is 16.5. The van der Waals surface area contributed by atoms with Gasteiger partial charge in [0, 0.05) is 5.25 Å². The van der Waals surface area contributed by atoms with Crippen LogP contribution in [0.15, 0.2) is 0 Å². The van der Waals surface area contributed by atoms with E-state index >= 15 is 0 Å². The predicted octanol–water partition coefficient (Wildman–Crippen LogP) is 1.79. The minimum atomic E-state index is -0.489. The molecule has 2 unspecified atom stereocenters. The van der Waals surface area contributed by atoms with Gasteiger partial charge in [-0.15, -0.1) is 12.4 Å². The Kier molecular flexibility index (Phi) is 11.3. The second kappa shape index (κ2) is 9.62. The van der Waals surface area contributed by atoms with Crippen molar-refractivity contribution in [3.05, 3.63) is 0 Å². The lowest BCUT2D eigenvalue weighted by atomic mass is 10.1. The van der Waals surface area contributed by atoms with Gasteiger partial charge in [0.15, 0.2) is 0 Å². The van der Waals surface area contributed by atoms with Crippen LogP contribution in [0.3, 0.4) is 0 Å². The van der Waals surface area contributed by atoms with Crippen molar-refractivity contribution in [3.63, 3.8) is 0 Å². The zero-order valence-corrected chi connectivity index (χ0v) is 10.4. The summed E-state index contributed by atoms with van der Waals surface area (Å²) in [5.41, 5.74) is 5.56. The van der Waals surface area contributed by atoms with E-state index in [9.17, 15) is 4.79 Å². The van der Waals surface area contributed by atoms with E-state index in [2.05, 4.69) is 24.3 Å². The number of rotatable bonds is 6. The number of thiol groups is 1. The van der Waals surface area contributed by atoms with Crippen LogP contribution in [-0.2, 0) is 9.53 Å². The molecule has 0 bridgehead atoms. The fourth-order valence-corrected chi connectivity index (χ4v) is 1.53. The van der Waals surface area contributed by atoms with Gasteiger partial charge < -0.3 is 10.5 Å². The van der Waals surface area contributed by atoms with Crippen molar-refractivity contribution in [3.8, 4) is 0 Å². The standard InChI is InChI=1S/C9H19NO2S.ClH/c1-3-4-7(13)5-6-8(10)9(11)12-2;/h7-8,13H,3-6,10H2,1-2H3;1H. The van der Waals surface area contributed by atoms with Crippen LogP contribution in [0.1, 0.15) is 32.6 Å². The van der Waals surface area contributed by atoms with E-state index in [4.69, 9.17) is 5.73 Å². The maximum Gasteiger partial charge on any atom is 0.322 e. The van der Waals surface area contributed by atoms with Crippen LogP contribution in [-0.4, -0.2) is 24.4 Å². The number of hydrogen-bond donors (Lipinski definition) is 2. The van der Waals surface area contributed by atoms with Crippen molar-refractivity contribution < 1.29 is 9.53 Å². The molecule has 86 valence electrons. The third-order valence-electron chi connectivity index (χ3n) is 1.94. The molecule has 0 aromatic rings. The van der Waals surface area contributed by atoms with Gasteiger partial charge in [0.05, 0.1) is 7.11 Å². The fourth-order valence-electron chi connectivity index (χ4n) is 1.12. The minimum Gasteiger partial charge on any atom is -0.468 e. The van der Waals surface area contributed by atoms with E-state index in [1.165, 1.54) is 7.11 Å². The number of esters is 1. The summed E-state index contributed by atoms with van der Waals surface area (Å²) in [6.07, 6.45) is 3.70. The van der Waals surface area contributed by atoms with Gasteiger partial charge in [0.1, 0.15) is 6.04 Å². The Morgan fingerprint density at radius 2 is 2.00 bits per heavy atom. The Labute approximate surface area is 97.6 Å². The molecule has 0 aliphatic heterocycles. The number of carbonyl (C=O) groups is 1. The van der Waals surface area contributed by atoms with Crippen LogP contribution >= 0.6 is 25.0 Å². The normalized spacial score (nSPS) is 14.0. The molecule has 0 saturated heterocycles. The lowest BCUT2D eigenvalue weighted by Gasteiger charge is -2.12. The lowest BCUT2D eigenvalue weighted by Crippen LogP contribution is -2.32. The molecular weight excluding hydrogens is 222 g/mol. The van der Waals surface area contributed by atoms with E-state index in [1.54, 1.807) is 0 Å². The Balaban J connectivity index is 0. The first-order valence-corrected chi connectivity index (χ1v) is 5.14. The summed E-state index contributed by atoms with van der Waals surface area (Å²) in [5.74, 6) is -0.336. The summed E-state index contributed by atoms with van der Waals surface area (Å²) in [5, 5.41) is 0.348. The smallest absolute Gasteiger partial charge is 0.322 e. The minimum absolute atomic E-state index is 0. The highest BCUT2D eigenvalue weighted by molar-refractivity contribution is 7.80. The molecule has 5 heteroatoms. The van der Waals surface area contributed by atoms with E-state index in [-0.39, 0.29) is 18.4 Å². The summed E-state index contributed by atoms with van der Waals surface area (Å²) in [7, 11) is 1.35. The molecule has 0 fully saturated rings. The Morgan fingerprint density at radius 3 is 2.43 bits per heavy atom. The summed E-state index contributed by atoms with van der Waals surface area (Å²) >= 11 is 4.37. The third-order valence-corrected chi connectivity index (χ3v) is 2.45. The first-order chi connectivity index (χ1) is 6.11. The van der Waals surface area contributed by atoms with Crippen molar-refractivity contribution in [2.75, 3.05) is 7.11 Å². The van der Waals surface area contributed by atoms with Crippen LogP contribution < -0.4 is 5.73 Å². The molecule has 0 saturated carbocycles. The highest BCUT2D eigenvalue weighted by Gasteiger charge is 2.14. The fraction of sp³-hybridized carbons (Fsp3) is 0.889. The number of halogens is 1. The lowest BCUT2D eigenvalue weighted by molar-refractivity contribution is -0.142. The van der Waals surface area contributed by atoms with Gasteiger partial charge in [-0.25, -0.2) is 0 Å². The van der Waals surface area contributed by atoms with Gasteiger partial charge in [0.2, 0.25) is 0 Å². The third kappa shape index (κ3) is 7.47. The maximum absolute atomic E-state index is 10.9. The van der Waals surface area contributed by atoms with E-state index in [1.807, 2.05) is 0 Å². The van der Waals surface area contributed by atoms with Crippen LogP contribution in [0.5, 0.6) is 0 Å². The molecule has 2 atom stereocenters. The molecule has 0 aromatic heterocycles. The average molecular weight is 242 g/mol. The first-order valence-electron chi connectivity index (χ1n) is 4.63. The van der Waals surface area contributed by atoms with Gasteiger partial charge in [-0.2, -0.15) is 12.6 Å². The number of nitrogens with two attached hydrogens (primary N) is 1. The Hall–Kier alpha value is 0.0700. The SMILES string of the molecule is CCCC(S)CCC(N)C(=O)OC.Cl. The van der Waals surface area contributed by atoms with E-state index in [0.29, 0.717) is 11.7 Å². The van der Waals surface area contributed by atoms with Gasteiger partial charge in [-0.3, -0.25) is 4.79 Å². The summed E-state index contributed by atoms with van der Waals surface area (Å²) in [6.45, 7) is 2.11. The molecule has 0 aliphatic carbocycles. The zero-order chi connectivity index (χ0) is 10.3.